The SMILES string of the molecule is COc1ccc(F)cc1-c1cc(-n2cnc3cc(C(C)N)ccc32)ccc1F. The molecule has 4 rings (SSSR count). The van der Waals surface area contributed by atoms with Gasteiger partial charge in [-0.15, -0.1) is 0 Å². The summed E-state index contributed by atoms with van der Waals surface area (Å²) in [6.07, 6.45) is 1.68. The average Bonchev–Trinajstić information content (AvgIpc) is 3.11. The number of fused-ring (bicyclic) bond motifs is 1. The van der Waals surface area contributed by atoms with Crippen LogP contribution in [0.3, 0.4) is 0 Å². The third kappa shape index (κ3) is 3.12. The molecule has 1 heterocycles. The molecule has 4 aromatic rings. The van der Waals surface area contributed by atoms with Crippen LogP contribution in [0.4, 0.5) is 8.78 Å². The first kappa shape index (κ1) is 18.1. The van der Waals surface area contributed by atoms with Gasteiger partial charge in [0.05, 0.1) is 18.1 Å². The van der Waals surface area contributed by atoms with Crippen molar-refractivity contribution in [3.63, 3.8) is 0 Å². The van der Waals surface area contributed by atoms with Gasteiger partial charge in [-0.25, -0.2) is 13.8 Å². The van der Waals surface area contributed by atoms with Gasteiger partial charge in [-0.05, 0) is 61.0 Å². The normalized spacial score (nSPS) is 12.3. The van der Waals surface area contributed by atoms with Crippen molar-refractivity contribution in [3.05, 3.63) is 78.1 Å². The maximum atomic E-state index is 14.6. The molecule has 2 N–H and O–H groups in total. The number of hydrogen-bond acceptors (Lipinski definition) is 3. The molecule has 28 heavy (non-hydrogen) atoms. The Labute approximate surface area is 161 Å². The largest absolute Gasteiger partial charge is 0.496 e. The first-order valence-electron chi connectivity index (χ1n) is 8.84. The lowest BCUT2D eigenvalue weighted by atomic mass is 10.0. The topological polar surface area (TPSA) is 53.1 Å². The second-order valence-electron chi connectivity index (χ2n) is 6.66. The van der Waals surface area contributed by atoms with Crippen molar-refractivity contribution in [2.75, 3.05) is 7.11 Å². The standard InChI is InChI=1S/C22H19F2N3O/c1-13(25)14-3-7-21-20(9-14)26-12-27(21)16-5-6-19(24)17(11-16)18-10-15(23)4-8-22(18)28-2/h3-13H,25H2,1-2H3. The van der Waals surface area contributed by atoms with E-state index in [9.17, 15) is 8.78 Å². The van der Waals surface area contributed by atoms with Crippen LogP contribution in [0, 0.1) is 11.6 Å². The van der Waals surface area contributed by atoms with Crippen LogP contribution >= 0.6 is 0 Å². The third-order valence-electron chi connectivity index (χ3n) is 4.78. The smallest absolute Gasteiger partial charge is 0.131 e. The van der Waals surface area contributed by atoms with E-state index in [4.69, 9.17) is 10.5 Å². The molecule has 0 amide bonds. The zero-order chi connectivity index (χ0) is 19.8. The minimum atomic E-state index is -0.462. The predicted octanol–water partition coefficient (Wildman–Crippen LogP) is 5.00. The van der Waals surface area contributed by atoms with Crippen molar-refractivity contribution < 1.29 is 13.5 Å². The van der Waals surface area contributed by atoms with E-state index in [1.165, 1.54) is 31.4 Å². The Hall–Kier alpha value is -3.25. The number of nitrogens with zero attached hydrogens (tertiary/aromatic N) is 2. The van der Waals surface area contributed by atoms with E-state index in [0.29, 0.717) is 17.0 Å². The molecule has 1 atom stereocenters. The van der Waals surface area contributed by atoms with E-state index in [-0.39, 0.29) is 11.6 Å². The van der Waals surface area contributed by atoms with Gasteiger partial charge in [0.25, 0.3) is 0 Å². The summed E-state index contributed by atoms with van der Waals surface area (Å²) in [5, 5.41) is 0. The number of imidazole rings is 1. The van der Waals surface area contributed by atoms with Crippen LogP contribution in [-0.2, 0) is 0 Å². The molecule has 0 aliphatic heterocycles. The molecule has 0 saturated carbocycles. The van der Waals surface area contributed by atoms with Crippen LogP contribution in [0.5, 0.6) is 5.75 Å². The molecule has 0 aliphatic rings. The van der Waals surface area contributed by atoms with Crippen molar-refractivity contribution in [2.45, 2.75) is 13.0 Å². The summed E-state index contributed by atoms with van der Waals surface area (Å²) in [4.78, 5) is 4.44. The molecule has 0 radical (unpaired) electrons. The van der Waals surface area contributed by atoms with Crippen LogP contribution in [-0.4, -0.2) is 16.7 Å². The Morgan fingerprint density at radius 2 is 1.82 bits per heavy atom. The molecule has 1 unspecified atom stereocenters. The highest BCUT2D eigenvalue weighted by Gasteiger charge is 2.15. The van der Waals surface area contributed by atoms with Crippen molar-refractivity contribution in [3.8, 4) is 22.6 Å². The summed E-state index contributed by atoms with van der Waals surface area (Å²) in [5.74, 6) is -0.525. The molecule has 0 fully saturated rings. The van der Waals surface area contributed by atoms with Gasteiger partial charge < -0.3 is 10.5 Å². The van der Waals surface area contributed by atoms with Gasteiger partial charge in [0.15, 0.2) is 0 Å². The summed E-state index contributed by atoms with van der Waals surface area (Å²) in [7, 11) is 1.47. The van der Waals surface area contributed by atoms with E-state index < -0.39 is 11.6 Å². The Kier molecular flexibility index (Phi) is 4.57. The lowest BCUT2D eigenvalue weighted by Crippen LogP contribution is -2.04. The first-order valence-corrected chi connectivity index (χ1v) is 8.84. The zero-order valence-electron chi connectivity index (χ0n) is 15.5. The Balaban J connectivity index is 1.86. The van der Waals surface area contributed by atoms with Gasteiger partial charge in [-0.3, -0.25) is 4.57 Å². The quantitative estimate of drug-likeness (QED) is 0.543. The van der Waals surface area contributed by atoms with E-state index >= 15 is 0 Å². The number of aromatic nitrogens is 2. The van der Waals surface area contributed by atoms with Gasteiger partial charge in [0.1, 0.15) is 23.7 Å². The Morgan fingerprint density at radius 1 is 1.00 bits per heavy atom. The van der Waals surface area contributed by atoms with Gasteiger partial charge in [0, 0.05) is 22.9 Å². The fourth-order valence-electron chi connectivity index (χ4n) is 3.28. The zero-order valence-corrected chi connectivity index (χ0v) is 15.5. The summed E-state index contributed by atoms with van der Waals surface area (Å²) >= 11 is 0. The van der Waals surface area contributed by atoms with E-state index in [2.05, 4.69) is 4.98 Å². The molecule has 0 spiro atoms. The van der Waals surface area contributed by atoms with Gasteiger partial charge >= 0.3 is 0 Å². The second-order valence-corrected chi connectivity index (χ2v) is 6.66. The summed E-state index contributed by atoms with van der Waals surface area (Å²) in [6.45, 7) is 1.91. The van der Waals surface area contributed by atoms with E-state index in [0.717, 1.165) is 16.6 Å². The molecule has 1 aromatic heterocycles. The third-order valence-corrected chi connectivity index (χ3v) is 4.78. The Bertz CT molecular complexity index is 1170. The van der Waals surface area contributed by atoms with Crippen LogP contribution in [0.15, 0.2) is 60.9 Å². The summed E-state index contributed by atoms with van der Waals surface area (Å²) < 4.78 is 35.5. The fourth-order valence-corrected chi connectivity index (χ4v) is 3.28. The molecular weight excluding hydrogens is 360 g/mol. The molecule has 3 aromatic carbocycles. The number of hydrogen-bond donors (Lipinski definition) is 1. The molecule has 0 aliphatic carbocycles. The minimum Gasteiger partial charge on any atom is -0.496 e. The van der Waals surface area contributed by atoms with Crippen molar-refractivity contribution in [1.29, 1.82) is 0 Å². The first-order chi connectivity index (χ1) is 13.5. The van der Waals surface area contributed by atoms with Gasteiger partial charge in [-0.2, -0.15) is 0 Å². The number of rotatable bonds is 4. The van der Waals surface area contributed by atoms with Crippen LogP contribution < -0.4 is 10.5 Å². The van der Waals surface area contributed by atoms with E-state index in [1.807, 2.05) is 29.7 Å². The lowest BCUT2D eigenvalue weighted by Gasteiger charge is -2.12. The van der Waals surface area contributed by atoms with Gasteiger partial charge in [0.2, 0.25) is 0 Å². The monoisotopic (exact) mass is 379 g/mol. The Morgan fingerprint density at radius 3 is 2.57 bits per heavy atom. The molecule has 4 nitrogen and oxygen atoms in total. The molecule has 0 saturated heterocycles. The summed E-state index contributed by atoms with van der Waals surface area (Å²) in [5.41, 5.74) is 9.91. The highest BCUT2D eigenvalue weighted by molar-refractivity contribution is 5.79. The van der Waals surface area contributed by atoms with Crippen LogP contribution in [0.25, 0.3) is 27.8 Å². The van der Waals surface area contributed by atoms with Gasteiger partial charge in [-0.1, -0.05) is 6.07 Å². The summed E-state index contributed by atoms with van der Waals surface area (Å²) in [6, 6.07) is 14.4. The van der Waals surface area contributed by atoms with Crippen molar-refractivity contribution >= 4 is 11.0 Å². The van der Waals surface area contributed by atoms with Crippen molar-refractivity contribution in [1.82, 2.24) is 9.55 Å². The van der Waals surface area contributed by atoms with Crippen LogP contribution in [0.1, 0.15) is 18.5 Å². The predicted molar refractivity (Wildman–Crippen MR) is 106 cm³/mol. The maximum Gasteiger partial charge on any atom is 0.131 e. The molecule has 6 heteroatoms. The number of methoxy groups -OCH3 is 1. The van der Waals surface area contributed by atoms with E-state index in [1.54, 1.807) is 18.5 Å². The average molecular weight is 379 g/mol. The highest BCUT2D eigenvalue weighted by Crippen LogP contribution is 2.34. The maximum absolute atomic E-state index is 14.6. The highest BCUT2D eigenvalue weighted by atomic mass is 19.1. The molecule has 142 valence electrons. The number of nitrogens with two attached hydrogens (primary N) is 1. The van der Waals surface area contributed by atoms with Crippen molar-refractivity contribution in [2.24, 2.45) is 5.73 Å². The second kappa shape index (κ2) is 7.05. The lowest BCUT2D eigenvalue weighted by molar-refractivity contribution is 0.415. The molecule has 0 bridgehead atoms. The number of ether oxygens (including phenoxy) is 1. The fraction of sp³-hybridized carbons (Fsp3) is 0.136. The number of halogens is 2. The minimum absolute atomic E-state index is 0.0904. The number of benzene rings is 3. The van der Waals surface area contributed by atoms with Crippen LogP contribution in [0.2, 0.25) is 0 Å². The molecular formula is C22H19F2N3O.